The second-order valence-electron chi connectivity index (χ2n) is 4.91. The van der Waals surface area contributed by atoms with E-state index in [-0.39, 0.29) is 0 Å². The Morgan fingerprint density at radius 2 is 1.35 bits per heavy atom. The molecule has 0 spiro atoms. The number of rotatable bonds is 4. The molecule has 0 radical (unpaired) electrons. The number of ether oxygens (including phenoxy) is 2. The van der Waals surface area contributed by atoms with Crippen LogP contribution in [0, 0.1) is 12.0 Å². The predicted molar refractivity (Wildman–Crippen MR) is 91.1 cm³/mol. The Morgan fingerprint density at radius 3 is 2.13 bits per heavy atom. The number of para-hydroxylation sites is 2. The van der Waals surface area contributed by atoms with E-state index in [9.17, 15) is 0 Å². The monoisotopic (exact) mass is 300 g/mol. The highest BCUT2D eigenvalue weighted by Gasteiger charge is 2.01. The lowest BCUT2D eigenvalue weighted by Crippen LogP contribution is -1.89. The minimum absolute atomic E-state index is 0.468. The lowest BCUT2D eigenvalue weighted by molar-refractivity contribution is 0.265. The van der Waals surface area contributed by atoms with E-state index in [0.717, 1.165) is 22.6 Å². The molecule has 3 aromatic carbocycles. The molecule has 3 aromatic rings. The fourth-order valence-corrected chi connectivity index (χ4v) is 2.06. The molecule has 0 heterocycles. The molecular weight excluding hydrogens is 284 g/mol. The summed E-state index contributed by atoms with van der Waals surface area (Å²) in [7, 11) is 0. The average Bonchev–Trinajstić information content (AvgIpc) is 2.62. The van der Waals surface area contributed by atoms with Crippen molar-refractivity contribution in [3.8, 4) is 23.5 Å². The first-order valence-corrected chi connectivity index (χ1v) is 7.40. The summed E-state index contributed by atoms with van der Waals surface area (Å²) in [4.78, 5) is 0. The molecular formula is C21H16O2. The fourth-order valence-electron chi connectivity index (χ4n) is 2.06. The van der Waals surface area contributed by atoms with Crippen molar-refractivity contribution in [2.45, 2.75) is 6.61 Å². The Balaban J connectivity index is 1.68. The minimum atomic E-state index is 0.468. The quantitative estimate of drug-likeness (QED) is 0.631. The molecule has 0 amide bonds. The first-order valence-electron chi connectivity index (χ1n) is 7.40. The highest BCUT2D eigenvalue weighted by molar-refractivity contribution is 5.47. The lowest BCUT2D eigenvalue weighted by Gasteiger charge is -2.07. The highest BCUT2D eigenvalue weighted by Crippen LogP contribution is 2.24. The van der Waals surface area contributed by atoms with Gasteiger partial charge in [-0.1, -0.05) is 60.7 Å². The van der Waals surface area contributed by atoms with Gasteiger partial charge in [0.05, 0.1) is 5.56 Å². The fraction of sp³-hybridized carbons (Fsp3) is 0.0476. The van der Waals surface area contributed by atoms with Crippen LogP contribution in [0.4, 0.5) is 0 Å². The third-order valence-electron chi connectivity index (χ3n) is 3.20. The Morgan fingerprint density at radius 1 is 0.696 bits per heavy atom. The molecule has 0 bridgehead atoms. The van der Waals surface area contributed by atoms with Crippen LogP contribution in [0.25, 0.3) is 0 Å². The number of benzene rings is 3. The molecule has 23 heavy (non-hydrogen) atoms. The van der Waals surface area contributed by atoms with Crippen molar-refractivity contribution < 1.29 is 9.47 Å². The van der Waals surface area contributed by atoms with Crippen molar-refractivity contribution in [1.29, 1.82) is 0 Å². The van der Waals surface area contributed by atoms with Crippen LogP contribution in [0.3, 0.4) is 0 Å². The molecule has 3 rings (SSSR count). The number of hydrogen-bond donors (Lipinski definition) is 0. The summed E-state index contributed by atoms with van der Waals surface area (Å²) >= 11 is 0. The van der Waals surface area contributed by atoms with Crippen molar-refractivity contribution in [1.82, 2.24) is 0 Å². The molecule has 0 saturated heterocycles. The first kappa shape index (κ1) is 14.7. The Kier molecular flexibility index (Phi) is 4.95. The Hall–Kier alpha value is -3.18. The van der Waals surface area contributed by atoms with Crippen molar-refractivity contribution in [2.24, 2.45) is 0 Å². The van der Waals surface area contributed by atoms with E-state index < -0.39 is 0 Å². The van der Waals surface area contributed by atoms with Gasteiger partial charge in [0.15, 0.2) is 0 Å². The second kappa shape index (κ2) is 7.72. The molecule has 112 valence electrons. The zero-order valence-electron chi connectivity index (χ0n) is 12.6. The predicted octanol–water partition coefficient (Wildman–Crippen LogP) is 5.00. The molecule has 0 aliphatic carbocycles. The van der Waals surface area contributed by atoms with E-state index in [4.69, 9.17) is 9.47 Å². The molecule has 0 aliphatic rings. The van der Waals surface area contributed by atoms with Gasteiger partial charge in [0.1, 0.15) is 24.2 Å². The minimum Gasteiger partial charge on any atom is -0.456 e. The standard InChI is InChI=1S/C21H16O2/c1-3-9-18(10-4-1)17-22-16-15-19-11-7-8-14-21(19)23-20-12-5-2-6-13-20/h1-14H,17H2. The van der Waals surface area contributed by atoms with E-state index >= 15 is 0 Å². The van der Waals surface area contributed by atoms with Gasteiger partial charge in [0, 0.05) is 0 Å². The topological polar surface area (TPSA) is 18.5 Å². The van der Waals surface area contributed by atoms with E-state index in [1.54, 1.807) is 0 Å². The summed E-state index contributed by atoms with van der Waals surface area (Å²) in [5.74, 6) is 4.51. The molecule has 0 saturated carbocycles. The third-order valence-corrected chi connectivity index (χ3v) is 3.20. The SMILES string of the molecule is C(#Cc1ccccc1Oc1ccccc1)OCc1ccccc1. The maximum absolute atomic E-state index is 5.87. The Bertz CT molecular complexity index is 799. The van der Waals surface area contributed by atoms with Gasteiger partial charge in [0.25, 0.3) is 0 Å². The molecule has 0 unspecified atom stereocenters. The molecule has 2 nitrogen and oxygen atoms in total. The summed E-state index contributed by atoms with van der Waals surface area (Å²) in [6.07, 6.45) is 2.75. The van der Waals surface area contributed by atoms with Crippen LogP contribution < -0.4 is 4.74 Å². The van der Waals surface area contributed by atoms with Gasteiger partial charge in [-0.05, 0) is 35.7 Å². The molecule has 0 aromatic heterocycles. The zero-order valence-corrected chi connectivity index (χ0v) is 12.6. The summed E-state index contributed by atoms with van der Waals surface area (Å²) in [5, 5.41) is 0. The lowest BCUT2D eigenvalue weighted by atomic mass is 10.2. The maximum atomic E-state index is 5.87. The van der Waals surface area contributed by atoms with Crippen molar-refractivity contribution in [3.63, 3.8) is 0 Å². The smallest absolute Gasteiger partial charge is 0.143 e. The zero-order chi connectivity index (χ0) is 15.7. The van der Waals surface area contributed by atoms with Gasteiger partial charge in [-0.3, -0.25) is 0 Å². The normalized spacial score (nSPS) is 9.57. The molecule has 0 fully saturated rings. The van der Waals surface area contributed by atoms with Crippen LogP contribution in [-0.2, 0) is 11.3 Å². The summed E-state index contributed by atoms with van der Waals surface area (Å²) < 4.78 is 11.3. The maximum Gasteiger partial charge on any atom is 0.143 e. The average molecular weight is 300 g/mol. The van der Waals surface area contributed by atoms with Gasteiger partial charge in [-0.25, -0.2) is 0 Å². The summed E-state index contributed by atoms with van der Waals surface area (Å²) in [5.41, 5.74) is 1.89. The van der Waals surface area contributed by atoms with Crippen LogP contribution in [0.15, 0.2) is 84.9 Å². The third kappa shape index (κ3) is 4.39. The molecule has 0 N–H and O–H groups in total. The van der Waals surface area contributed by atoms with Crippen molar-refractivity contribution >= 4 is 0 Å². The summed E-state index contributed by atoms with van der Waals surface area (Å²) in [6.45, 7) is 0.468. The van der Waals surface area contributed by atoms with Crippen LogP contribution in [-0.4, -0.2) is 0 Å². The number of hydrogen-bond acceptors (Lipinski definition) is 2. The van der Waals surface area contributed by atoms with Gasteiger partial charge in [-0.15, -0.1) is 0 Å². The van der Waals surface area contributed by atoms with Gasteiger partial charge in [0.2, 0.25) is 0 Å². The van der Waals surface area contributed by atoms with Gasteiger partial charge >= 0.3 is 0 Å². The van der Waals surface area contributed by atoms with Gasteiger partial charge < -0.3 is 9.47 Å². The van der Waals surface area contributed by atoms with Crippen LogP contribution in [0.5, 0.6) is 11.5 Å². The second-order valence-corrected chi connectivity index (χ2v) is 4.91. The van der Waals surface area contributed by atoms with E-state index in [1.807, 2.05) is 84.9 Å². The van der Waals surface area contributed by atoms with E-state index in [1.165, 1.54) is 0 Å². The summed E-state index contributed by atoms with van der Waals surface area (Å²) in [6, 6.07) is 27.3. The molecule has 2 heteroatoms. The molecule has 0 aliphatic heterocycles. The van der Waals surface area contributed by atoms with Crippen molar-refractivity contribution in [2.75, 3.05) is 0 Å². The molecule has 0 atom stereocenters. The van der Waals surface area contributed by atoms with E-state index in [2.05, 4.69) is 12.0 Å². The van der Waals surface area contributed by atoms with Crippen molar-refractivity contribution in [3.05, 3.63) is 96.1 Å². The largest absolute Gasteiger partial charge is 0.456 e. The van der Waals surface area contributed by atoms with Crippen LogP contribution in [0.1, 0.15) is 11.1 Å². The first-order chi connectivity index (χ1) is 11.4. The van der Waals surface area contributed by atoms with E-state index in [0.29, 0.717) is 6.61 Å². The Labute approximate surface area is 136 Å². The van der Waals surface area contributed by atoms with Crippen LogP contribution in [0.2, 0.25) is 0 Å². The van der Waals surface area contributed by atoms with Crippen LogP contribution >= 0.6 is 0 Å². The van der Waals surface area contributed by atoms with Gasteiger partial charge in [-0.2, -0.15) is 0 Å². The highest BCUT2D eigenvalue weighted by atomic mass is 16.5.